The fourth-order valence-corrected chi connectivity index (χ4v) is 2.97. The Hall–Kier alpha value is -1.81. The molecule has 0 saturated carbocycles. The maximum Gasteiger partial charge on any atom is 0.142 e. The highest BCUT2D eigenvalue weighted by Gasteiger charge is 2.22. The predicted molar refractivity (Wildman–Crippen MR) is 84.1 cm³/mol. The van der Waals surface area contributed by atoms with Crippen molar-refractivity contribution in [3.8, 4) is 11.4 Å². The Labute approximate surface area is 126 Å². The third-order valence-corrected chi connectivity index (χ3v) is 3.87. The number of imidazole rings is 1. The fourth-order valence-electron chi connectivity index (χ4n) is 2.97. The lowest BCUT2D eigenvalue weighted by Gasteiger charge is -2.18. The lowest BCUT2D eigenvalue weighted by molar-refractivity contribution is 0.411. The van der Waals surface area contributed by atoms with Crippen LogP contribution in [0.25, 0.3) is 5.69 Å². The highest BCUT2D eigenvalue weighted by Crippen LogP contribution is 2.29. The van der Waals surface area contributed by atoms with Gasteiger partial charge in [-0.25, -0.2) is 4.98 Å². The third-order valence-electron chi connectivity index (χ3n) is 3.87. The van der Waals surface area contributed by atoms with Gasteiger partial charge in [0.15, 0.2) is 0 Å². The van der Waals surface area contributed by atoms with E-state index in [-0.39, 0.29) is 0 Å². The molecule has 4 heteroatoms. The Balaban J connectivity index is 2.17. The van der Waals surface area contributed by atoms with Gasteiger partial charge in [-0.3, -0.25) is 4.57 Å². The van der Waals surface area contributed by atoms with E-state index in [1.165, 1.54) is 11.4 Å². The minimum atomic E-state index is 0.579. The number of ether oxygens (including phenoxy) is 1. The molecular formula is C17H23N3O. The van der Waals surface area contributed by atoms with E-state index in [9.17, 15) is 0 Å². The molecule has 0 saturated heterocycles. The fraction of sp³-hybridized carbons (Fsp3) is 0.471. The highest BCUT2D eigenvalue weighted by molar-refractivity contribution is 5.49. The maximum atomic E-state index is 5.56. The van der Waals surface area contributed by atoms with Gasteiger partial charge in [-0.1, -0.05) is 26.0 Å². The van der Waals surface area contributed by atoms with Crippen molar-refractivity contribution in [2.75, 3.05) is 13.7 Å². The Morgan fingerprint density at radius 3 is 2.90 bits per heavy atom. The van der Waals surface area contributed by atoms with Crippen molar-refractivity contribution in [3.63, 3.8) is 0 Å². The number of rotatable bonds is 4. The van der Waals surface area contributed by atoms with Crippen molar-refractivity contribution in [3.05, 3.63) is 41.5 Å². The summed E-state index contributed by atoms with van der Waals surface area (Å²) in [4.78, 5) is 4.89. The van der Waals surface area contributed by atoms with E-state index in [0.29, 0.717) is 5.92 Å². The highest BCUT2D eigenvalue weighted by atomic mass is 16.5. The van der Waals surface area contributed by atoms with Gasteiger partial charge in [0.1, 0.15) is 11.6 Å². The molecule has 112 valence electrons. The zero-order valence-electron chi connectivity index (χ0n) is 13.0. The van der Waals surface area contributed by atoms with Crippen LogP contribution in [0.5, 0.6) is 5.75 Å². The number of methoxy groups -OCH3 is 1. The lowest BCUT2D eigenvalue weighted by Crippen LogP contribution is -2.24. The summed E-state index contributed by atoms with van der Waals surface area (Å²) in [5.41, 5.74) is 3.61. The van der Waals surface area contributed by atoms with Gasteiger partial charge in [0, 0.05) is 31.6 Å². The van der Waals surface area contributed by atoms with Gasteiger partial charge >= 0.3 is 0 Å². The zero-order chi connectivity index (χ0) is 14.8. The molecule has 2 aromatic rings. The number of nitrogens with one attached hydrogen (secondary N) is 1. The van der Waals surface area contributed by atoms with Crippen molar-refractivity contribution in [2.24, 2.45) is 5.92 Å². The summed E-state index contributed by atoms with van der Waals surface area (Å²) in [6.07, 6.45) is 1.99. The van der Waals surface area contributed by atoms with Crippen molar-refractivity contribution in [1.82, 2.24) is 14.9 Å². The third kappa shape index (κ3) is 2.68. The molecule has 3 rings (SSSR count). The molecule has 1 aliphatic rings. The predicted octanol–water partition coefficient (Wildman–Crippen LogP) is 2.73. The number of hydrogen-bond donors (Lipinski definition) is 1. The molecule has 0 amide bonds. The van der Waals surface area contributed by atoms with E-state index < -0.39 is 0 Å². The second kappa shape index (κ2) is 5.90. The normalized spacial score (nSPS) is 14.3. The van der Waals surface area contributed by atoms with Crippen LogP contribution in [0.4, 0.5) is 0 Å². The number of fused-ring (bicyclic) bond motifs is 1. The van der Waals surface area contributed by atoms with Crippen molar-refractivity contribution < 1.29 is 4.74 Å². The largest absolute Gasteiger partial charge is 0.495 e. The number of nitrogens with zero attached hydrogens (tertiary/aromatic N) is 2. The van der Waals surface area contributed by atoms with Crippen molar-refractivity contribution in [1.29, 1.82) is 0 Å². The molecule has 0 spiro atoms. The van der Waals surface area contributed by atoms with Crippen molar-refractivity contribution in [2.45, 2.75) is 33.2 Å². The molecule has 4 nitrogen and oxygen atoms in total. The SMILES string of the molecule is COc1ccccc1-n1c(CC(C)C)nc2c1CCNC2. The maximum absolute atomic E-state index is 5.56. The molecule has 0 atom stereocenters. The monoisotopic (exact) mass is 285 g/mol. The van der Waals surface area contributed by atoms with Crippen LogP contribution in [0.15, 0.2) is 24.3 Å². The topological polar surface area (TPSA) is 39.1 Å². The first-order valence-electron chi connectivity index (χ1n) is 7.64. The quantitative estimate of drug-likeness (QED) is 0.939. The Morgan fingerprint density at radius 1 is 1.33 bits per heavy atom. The molecular weight excluding hydrogens is 262 g/mol. The van der Waals surface area contributed by atoms with Gasteiger partial charge in [0.2, 0.25) is 0 Å². The van der Waals surface area contributed by atoms with Crippen molar-refractivity contribution >= 4 is 0 Å². The van der Waals surface area contributed by atoms with Crippen LogP contribution in [0.1, 0.15) is 31.1 Å². The first-order chi connectivity index (χ1) is 10.2. The zero-order valence-corrected chi connectivity index (χ0v) is 13.0. The van der Waals surface area contributed by atoms with E-state index in [1.807, 2.05) is 12.1 Å². The summed E-state index contributed by atoms with van der Waals surface area (Å²) in [5, 5.41) is 3.41. The minimum absolute atomic E-state index is 0.579. The van der Waals surface area contributed by atoms with Gasteiger partial charge in [-0.2, -0.15) is 0 Å². The summed E-state index contributed by atoms with van der Waals surface area (Å²) in [5.74, 6) is 2.62. The number of benzene rings is 1. The molecule has 21 heavy (non-hydrogen) atoms. The van der Waals surface area contributed by atoms with Crippen LogP contribution in [-0.2, 0) is 19.4 Å². The Kier molecular flexibility index (Phi) is 3.97. The lowest BCUT2D eigenvalue weighted by atomic mass is 10.1. The molecule has 0 bridgehead atoms. The summed E-state index contributed by atoms with van der Waals surface area (Å²) in [6.45, 7) is 6.34. The molecule has 1 aliphatic heterocycles. The first kappa shape index (κ1) is 14.1. The molecule has 0 fully saturated rings. The number of aromatic nitrogens is 2. The smallest absolute Gasteiger partial charge is 0.142 e. The van der Waals surface area contributed by atoms with Gasteiger partial charge in [0.25, 0.3) is 0 Å². The van der Waals surface area contributed by atoms with Crippen LogP contribution >= 0.6 is 0 Å². The average molecular weight is 285 g/mol. The van der Waals surface area contributed by atoms with Crippen LogP contribution in [-0.4, -0.2) is 23.2 Å². The van der Waals surface area contributed by atoms with Crippen LogP contribution in [0.2, 0.25) is 0 Å². The first-order valence-corrected chi connectivity index (χ1v) is 7.64. The van der Waals surface area contributed by atoms with Gasteiger partial charge in [0.05, 0.1) is 18.5 Å². The van der Waals surface area contributed by atoms with Gasteiger partial charge < -0.3 is 10.1 Å². The van der Waals surface area contributed by atoms with Gasteiger partial charge in [-0.15, -0.1) is 0 Å². The molecule has 2 heterocycles. The Morgan fingerprint density at radius 2 is 2.14 bits per heavy atom. The minimum Gasteiger partial charge on any atom is -0.495 e. The summed E-state index contributed by atoms with van der Waals surface area (Å²) in [7, 11) is 1.73. The second-order valence-corrected chi connectivity index (χ2v) is 5.95. The van der Waals surface area contributed by atoms with E-state index in [2.05, 4.69) is 35.9 Å². The van der Waals surface area contributed by atoms with E-state index in [0.717, 1.165) is 43.2 Å². The number of para-hydroxylation sites is 2. The van der Waals surface area contributed by atoms with E-state index >= 15 is 0 Å². The Bertz CT molecular complexity index is 631. The van der Waals surface area contributed by atoms with Crippen LogP contribution in [0.3, 0.4) is 0 Å². The summed E-state index contributed by atoms with van der Waals surface area (Å²) in [6, 6.07) is 8.20. The van der Waals surface area contributed by atoms with E-state index in [1.54, 1.807) is 7.11 Å². The molecule has 0 aliphatic carbocycles. The second-order valence-electron chi connectivity index (χ2n) is 5.95. The molecule has 0 radical (unpaired) electrons. The van der Waals surface area contributed by atoms with Gasteiger partial charge in [-0.05, 0) is 18.1 Å². The average Bonchev–Trinajstić information content (AvgIpc) is 2.84. The molecule has 0 unspecified atom stereocenters. The molecule has 1 N–H and O–H groups in total. The van der Waals surface area contributed by atoms with E-state index in [4.69, 9.17) is 9.72 Å². The summed E-state index contributed by atoms with van der Waals surface area (Å²) < 4.78 is 7.87. The molecule has 1 aromatic heterocycles. The van der Waals surface area contributed by atoms with Crippen LogP contribution < -0.4 is 10.1 Å². The van der Waals surface area contributed by atoms with Crippen LogP contribution in [0, 0.1) is 5.92 Å². The molecule has 1 aromatic carbocycles. The standard InChI is InChI=1S/C17H23N3O/c1-12(2)10-17-19-13-11-18-9-8-14(13)20(17)15-6-4-5-7-16(15)21-3/h4-7,12,18H,8-11H2,1-3H3. The summed E-state index contributed by atoms with van der Waals surface area (Å²) >= 11 is 0. The number of hydrogen-bond acceptors (Lipinski definition) is 3.